The van der Waals surface area contributed by atoms with E-state index in [2.05, 4.69) is 30.5 Å². The number of aromatic nitrogens is 1. The largest absolute Gasteiger partial charge is 0.307 e. The summed E-state index contributed by atoms with van der Waals surface area (Å²) in [5.41, 5.74) is 2.26. The van der Waals surface area contributed by atoms with Gasteiger partial charge in [-0.25, -0.2) is 0 Å². The van der Waals surface area contributed by atoms with Crippen LogP contribution in [-0.4, -0.2) is 4.57 Å². The summed E-state index contributed by atoms with van der Waals surface area (Å²) < 4.78 is 2.02. The van der Waals surface area contributed by atoms with Crippen LogP contribution >= 0.6 is 0 Å². The number of benzene rings is 2. The van der Waals surface area contributed by atoms with Crippen LogP contribution < -0.4 is 0 Å². The fourth-order valence-corrected chi connectivity index (χ4v) is 1.73. The van der Waals surface area contributed by atoms with Gasteiger partial charge in [0, 0.05) is 17.1 Å². The molecule has 2 radical (unpaired) electrons. The van der Waals surface area contributed by atoms with Crippen LogP contribution in [0.2, 0.25) is 0 Å². The van der Waals surface area contributed by atoms with E-state index in [0.717, 1.165) is 16.6 Å². The highest BCUT2D eigenvalue weighted by Gasteiger charge is 2.01. The standard InChI is InChI=1S/C14H9N/c1-2-7-13(8-3-1)15-11-10-12-6-4-5-9-14(12)15/h1-9H. The normalized spacial score (nSPS) is 10.7. The van der Waals surface area contributed by atoms with Gasteiger partial charge in [-0.3, -0.25) is 0 Å². The molecule has 0 N–H and O–H groups in total. The van der Waals surface area contributed by atoms with E-state index in [4.69, 9.17) is 0 Å². The third-order valence-electron chi connectivity index (χ3n) is 2.46. The van der Waals surface area contributed by atoms with Gasteiger partial charge in [0.05, 0.1) is 11.7 Å². The lowest BCUT2D eigenvalue weighted by Gasteiger charge is -2.03. The molecule has 2 aromatic carbocycles. The van der Waals surface area contributed by atoms with Gasteiger partial charge in [0.15, 0.2) is 0 Å². The molecule has 1 heterocycles. The Bertz CT molecular complexity index is 578. The topological polar surface area (TPSA) is 4.93 Å². The summed E-state index contributed by atoms with van der Waals surface area (Å²) in [6, 6.07) is 21.5. The lowest BCUT2D eigenvalue weighted by atomic mass is 10.2. The molecule has 0 fully saturated rings. The molecule has 0 aliphatic carbocycles. The SMILES string of the molecule is [c]1[c]n(-c2ccccc2)c2ccccc12. The molecule has 0 amide bonds. The van der Waals surface area contributed by atoms with Crippen molar-refractivity contribution in [3.8, 4) is 5.69 Å². The van der Waals surface area contributed by atoms with Crippen molar-refractivity contribution >= 4 is 10.9 Å². The average molecular weight is 191 g/mol. The lowest BCUT2D eigenvalue weighted by molar-refractivity contribution is 1.11. The maximum absolute atomic E-state index is 3.12. The van der Waals surface area contributed by atoms with Crippen molar-refractivity contribution in [1.82, 2.24) is 4.57 Å². The van der Waals surface area contributed by atoms with Crippen LogP contribution in [0.15, 0.2) is 54.6 Å². The number of rotatable bonds is 1. The molecule has 0 saturated carbocycles. The quantitative estimate of drug-likeness (QED) is 0.556. The van der Waals surface area contributed by atoms with E-state index in [0.29, 0.717) is 0 Å². The molecule has 0 aliphatic heterocycles. The zero-order chi connectivity index (χ0) is 10.1. The zero-order valence-corrected chi connectivity index (χ0v) is 8.14. The Labute approximate surface area is 88.6 Å². The first-order chi connectivity index (χ1) is 7.45. The molecule has 3 rings (SSSR count). The fraction of sp³-hybridized carbons (Fsp3) is 0. The molecule has 0 spiro atoms. The minimum atomic E-state index is 1.10. The van der Waals surface area contributed by atoms with Gasteiger partial charge in [-0.1, -0.05) is 36.4 Å². The van der Waals surface area contributed by atoms with Gasteiger partial charge in [0.1, 0.15) is 0 Å². The van der Waals surface area contributed by atoms with Crippen LogP contribution in [0.4, 0.5) is 0 Å². The van der Waals surface area contributed by atoms with Crippen molar-refractivity contribution in [2.45, 2.75) is 0 Å². The molecule has 0 saturated heterocycles. The third kappa shape index (κ3) is 1.33. The lowest BCUT2D eigenvalue weighted by Crippen LogP contribution is -1.90. The highest BCUT2D eigenvalue weighted by molar-refractivity contribution is 5.80. The van der Waals surface area contributed by atoms with E-state index < -0.39 is 0 Å². The zero-order valence-electron chi connectivity index (χ0n) is 8.14. The first kappa shape index (κ1) is 8.30. The third-order valence-corrected chi connectivity index (χ3v) is 2.46. The Kier molecular flexibility index (Phi) is 1.82. The smallest absolute Gasteiger partial charge is 0.0796 e. The maximum atomic E-state index is 3.12. The number of fused-ring (bicyclic) bond motifs is 1. The van der Waals surface area contributed by atoms with Crippen LogP contribution in [0.1, 0.15) is 0 Å². The van der Waals surface area contributed by atoms with E-state index in [9.17, 15) is 0 Å². The van der Waals surface area contributed by atoms with Crippen LogP contribution in [0, 0.1) is 12.3 Å². The van der Waals surface area contributed by atoms with Crippen molar-refractivity contribution in [1.29, 1.82) is 0 Å². The predicted octanol–water partition coefficient (Wildman–Crippen LogP) is 3.23. The van der Waals surface area contributed by atoms with E-state index in [1.54, 1.807) is 0 Å². The molecule has 3 aromatic rings. The van der Waals surface area contributed by atoms with Gasteiger partial charge >= 0.3 is 0 Å². The average Bonchev–Trinajstić information content (AvgIpc) is 2.74. The second-order valence-electron chi connectivity index (χ2n) is 3.42. The minimum absolute atomic E-state index is 1.10. The molecular formula is C14H9N. The van der Waals surface area contributed by atoms with Gasteiger partial charge in [-0.05, 0) is 18.2 Å². The monoisotopic (exact) mass is 191 g/mol. The number of para-hydroxylation sites is 2. The first-order valence-electron chi connectivity index (χ1n) is 4.91. The molecule has 70 valence electrons. The van der Waals surface area contributed by atoms with E-state index >= 15 is 0 Å². The minimum Gasteiger partial charge on any atom is -0.307 e. The molecule has 0 atom stereocenters. The van der Waals surface area contributed by atoms with Crippen molar-refractivity contribution in [2.24, 2.45) is 0 Å². The number of hydrogen-bond donors (Lipinski definition) is 0. The molecule has 1 heteroatoms. The molecule has 1 aromatic heterocycles. The molecule has 0 unspecified atom stereocenters. The van der Waals surface area contributed by atoms with E-state index in [1.165, 1.54) is 0 Å². The number of hydrogen-bond acceptors (Lipinski definition) is 0. The van der Waals surface area contributed by atoms with Gasteiger partial charge in [0.2, 0.25) is 0 Å². The Morgan fingerprint density at radius 2 is 1.53 bits per heavy atom. The van der Waals surface area contributed by atoms with Crippen LogP contribution in [0.25, 0.3) is 16.6 Å². The Morgan fingerprint density at radius 3 is 2.40 bits per heavy atom. The Balaban J connectivity index is 2.28. The first-order valence-corrected chi connectivity index (χ1v) is 4.91. The highest BCUT2D eigenvalue weighted by atomic mass is 15.0. The van der Waals surface area contributed by atoms with Gasteiger partial charge in [-0.2, -0.15) is 0 Å². The summed E-state index contributed by atoms with van der Waals surface area (Å²) in [6.07, 6.45) is 3.12. The van der Waals surface area contributed by atoms with E-state index in [-0.39, 0.29) is 0 Å². The van der Waals surface area contributed by atoms with Gasteiger partial charge in [0.25, 0.3) is 0 Å². The summed E-state index contributed by atoms with van der Waals surface area (Å²) in [5.74, 6) is 0. The van der Waals surface area contributed by atoms with Gasteiger partial charge < -0.3 is 4.57 Å². The molecule has 15 heavy (non-hydrogen) atoms. The second kappa shape index (κ2) is 3.28. The summed E-state index contributed by atoms with van der Waals surface area (Å²) in [7, 11) is 0. The summed E-state index contributed by atoms with van der Waals surface area (Å²) >= 11 is 0. The highest BCUT2D eigenvalue weighted by Crippen LogP contribution is 2.18. The van der Waals surface area contributed by atoms with Crippen molar-refractivity contribution < 1.29 is 0 Å². The molecule has 0 bridgehead atoms. The summed E-state index contributed by atoms with van der Waals surface area (Å²) in [5, 5.41) is 1.10. The predicted molar refractivity (Wildman–Crippen MR) is 60.9 cm³/mol. The Hall–Kier alpha value is -2.02. The second-order valence-corrected chi connectivity index (χ2v) is 3.42. The van der Waals surface area contributed by atoms with Crippen molar-refractivity contribution in [3.63, 3.8) is 0 Å². The molecular weight excluding hydrogens is 182 g/mol. The molecule has 1 nitrogen and oxygen atoms in total. The fourth-order valence-electron chi connectivity index (χ4n) is 1.73. The summed E-state index contributed by atoms with van der Waals surface area (Å²) in [4.78, 5) is 0. The van der Waals surface area contributed by atoms with Crippen LogP contribution in [0.3, 0.4) is 0 Å². The van der Waals surface area contributed by atoms with E-state index in [1.807, 2.05) is 41.0 Å². The number of nitrogens with zero attached hydrogens (tertiary/aromatic N) is 1. The maximum Gasteiger partial charge on any atom is 0.0796 e. The summed E-state index contributed by atoms with van der Waals surface area (Å²) in [6.45, 7) is 0. The Morgan fingerprint density at radius 1 is 0.800 bits per heavy atom. The van der Waals surface area contributed by atoms with Gasteiger partial charge in [-0.15, -0.1) is 0 Å². The molecule has 0 aliphatic rings. The van der Waals surface area contributed by atoms with Crippen molar-refractivity contribution in [3.05, 3.63) is 66.9 Å². The van der Waals surface area contributed by atoms with Crippen LogP contribution in [0.5, 0.6) is 0 Å². The van der Waals surface area contributed by atoms with Crippen molar-refractivity contribution in [2.75, 3.05) is 0 Å². The van der Waals surface area contributed by atoms with Crippen LogP contribution in [-0.2, 0) is 0 Å².